The number of benzene rings is 1. The van der Waals surface area contributed by atoms with Crippen molar-refractivity contribution in [2.24, 2.45) is 5.92 Å². The minimum atomic E-state index is -0.242. The molecule has 0 aliphatic heterocycles. The average Bonchev–Trinajstić information content (AvgIpc) is 2.14. The summed E-state index contributed by atoms with van der Waals surface area (Å²) in [4.78, 5) is 11.6. The van der Waals surface area contributed by atoms with E-state index in [1.54, 1.807) is 12.1 Å². The number of hydrogen-bond acceptors (Lipinski definition) is 2. The van der Waals surface area contributed by atoms with E-state index >= 15 is 0 Å². The third kappa shape index (κ3) is 3.55. The van der Waals surface area contributed by atoms with Crippen LogP contribution < -0.4 is 5.32 Å². The first-order valence-electron chi connectivity index (χ1n) is 4.77. The van der Waals surface area contributed by atoms with E-state index in [0.717, 1.165) is 4.47 Å². The molecule has 0 bridgehead atoms. The van der Waals surface area contributed by atoms with Crippen LogP contribution in [0.15, 0.2) is 22.7 Å². The Kier molecular flexibility index (Phi) is 4.15. The van der Waals surface area contributed by atoms with Gasteiger partial charge in [-0.3, -0.25) is 4.79 Å². The molecular formula is C11H14BrNO2. The zero-order valence-electron chi connectivity index (χ0n) is 8.75. The highest BCUT2D eigenvalue weighted by atomic mass is 79.9. The minimum absolute atomic E-state index is 0.00867. The Bertz CT molecular complexity index is 364. The SMILES string of the molecule is CC(C)CNC(=O)c1ccc(Br)cc1O. The predicted octanol–water partition coefficient (Wildman–Crippen LogP) is 2.54. The van der Waals surface area contributed by atoms with E-state index in [9.17, 15) is 9.90 Å². The molecule has 1 aromatic carbocycles. The number of rotatable bonds is 3. The van der Waals surface area contributed by atoms with Gasteiger partial charge in [0.1, 0.15) is 5.75 Å². The number of carbonyl (C=O) groups is 1. The van der Waals surface area contributed by atoms with Crippen molar-refractivity contribution in [2.45, 2.75) is 13.8 Å². The first-order chi connectivity index (χ1) is 7.00. The zero-order valence-corrected chi connectivity index (χ0v) is 10.3. The number of phenolic OH excluding ortho intramolecular Hbond substituents is 1. The van der Waals surface area contributed by atoms with E-state index in [2.05, 4.69) is 21.2 Å². The Balaban J connectivity index is 2.74. The molecule has 0 heterocycles. The maximum Gasteiger partial charge on any atom is 0.255 e. The van der Waals surface area contributed by atoms with E-state index in [-0.39, 0.29) is 11.7 Å². The maximum absolute atomic E-state index is 11.6. The number of phenols is 1. The van der Waals surface area contributed by atoms with Crippen LogP contribution in [0.5, 0.6) is 5.75 Å². The van der Waals surface area contributed by atoms with Crippen molar-refractivity contribution in [3.8, 4) is 5.75 Å². The molecule has 0 aliphatic carbocycles. The van der Waals surface area contributed by atoms with Crippen LogP contribution in [0.2, 0.25) is 0 Å². The van der Waals surface area contributed by atoms with Gasteiger partial charge in [0.05, 0.1) is 5.56 Å². The minimum Gasteiger partial charge on any atom is -0.507 e. The van der Waals surface area contributed by atoms with Crippen molar-refractivity contribution >= 4 is 21.8 Å². The van der Waals surface area contributed by atoms with Gasteiger partial charge in [-0.05, 0) is 24.1 Å². The summed E-state index contributed by atoms with van der Waals surface area (Å²) in [6, 6.07) is 4.82. The predicted molar refractivity (Wildman–Crippen MR) is 63.0 cm³/mol. The highest BCUT2D eigenvalue weighted by Crippen LogP contribution is 2.21. The fourth-order valence-corrected chi connectivity index (χ4v) is 1.44. The van der Waals surface area contributed by atoms with Gasteiger partial charge in [-0.2, -0.15) is 0 Å². The van der Waals surface area contributed by atoms with Crippen LogP contribution in [0.1, 0.15) is 24.2 Å². The lowest BCUT2D eigenvalue weighted by Gasteiger charge is -2.08. The van der Waals surface area contributed by atoms with Gasteiger partial charge < -0.3 is 10.4 Å². The summed E-state index contributed by atoms with van der Waals surface area (Å²) >= 11 is 3.22. The largest absolute Gasteiger partial charge is 0.507 e. The van der Waals surface area contributed by atoms with Crippen molar-refractivity contribution in [2.75, 3.05) is 6.54 Å². The topological polar surface area (TPSA) is 49.3 Å². The number of nitrogens with one attached hydrogen (secondary N) is 1. The van der Waals surface area contributed by atoms with E-state index < -0.39 is 0 Å². The molecule has 0 unspecified atom stereocenters. The van der Waals surface area contributed by atoms with Crippen molar-refractivity contribution in [3.63, 3.8) is 0 Å². The second kappa shape index (κ2) is 5.16. The van der Waals surface area contributed by atoms with Crippen LogP contribution in [-0.4, -0.2) is 17.6 Å². The lowest BCUT2D eigenvalue weighted by Crippen LogP contribution is -2.27. The Hall–Kier alpha value is -1.03. The molecule has 0 aliphatic rings. The van der Waals surface area contributed by atoms with Gasteiger partial charge in [0, 0.05) is 11.0 Å². The van der Waals surface area contributed by atoms with Gasteiger partial charge in [0.2, 0.25) is 0 Å². The molecule has 4 heteroatoms. The summed E-state index contributed by atoms with van der Waals surface area (Å²) < 4.78 is 0.750. The second-order valence-corrected chi connectivity index (χ2v) is 4.68. The molecular weight excluding hydrogens is 258 g/mol. The third-order valence-corrected chi connectivity index (χ3v) is 2.37. The molecule has 0 atom stereocenters. The van der Waals surface area contributed by atoms with Crippen molar-refractivity contribution < 1.29 is 9.90 Å². The lowest BCUT2D eigenvalue weighted by molar-refractivity contribution is 0.0946. The van der Waals surface area contributed by atoms with Crippen molar-refractivity contribution in [3.05, 3.63) is 28.2 Å². The normalized spacial score (nSPS) is 10.4. The third-order valence-electron chi connectivity index (χ3n) is 1.88. The standard InChI is InChI=1S/C11H14BrNO2/c1-7(2)6-13-11(15)9-4-3-8(12)5-10(9)14/h3-5,7,14H,6H2,1-2H3,(H,13,15). The average molecular weight is 272 g/mol. The van der Waals surface area contributed by atoms with E-state index in [4.69, 9.17) is 0 Å². The highest BCUT2D eigenvalue weighted by molar-refractivity contribution is 9.10. The first-order valence-corrected chi connectivity index (χ1v) is 5.56. The summed E-state index contributed by atoms with van der Waals surface area (Å²) in [7, 11) is 0. The molecule has 1 aromatic rings. The Morgan fingerprint density at radius 3 is 2.73 bits per heavy atom. The van der Waals surface area contributed by atoms with E-state index in [1.807, 2.05) is 13.8 Å². The van der Waals surface area contributed by atoms with Crippen LogP contribution in [0.25, 0.3) is 0 Å². The van der Waals surface area contributed by atoms with Gasteiger partial charge in [0.25, 0.3) is 5.91 Å². The van der Waals surface area contributed by atoms with Gasteiger partial charge >= 0.3 is 0 Å². The summed E-state index contributed by atoms with van der Waals surface area (Å²) in [5.74, 6) is 0.144. The first kappa shape index (κ1) is 12.0. The number of amides is 1. The number of carbonyl (C=O) groups excluding carboxylic acids is 1. The van der Waals surface area contributed by atoms with Crippen LogP contribution in [0.3, 0.4) is 0 Å². The fraction of sp³-hybridized carbons (Fsp3) is 0.364. The molecule has 0 aromatic heterocycles. The zero-order chi connectivity index (χ0) is 11.4. The summed E-state index contributed by atoms with van der Waals surface area (Å²) in [5, 5.41) is 12.3. The van der Waals surface area contributed by atoms with Crippen LogP contribution in [0, 0.1) is 5.92 Å². The second-order valence-electron chi connectivity index (χ2n) is 3.77. The Morgan fingerprint density at radius 2 is 2.20 bits per heavy atom. The summed E-state index contributed by atoms with van der Waals surface area (Å²) in [6.45, 7) is 4.64. The van der Waals surface area contributed by atoms with Gasteiger partial charge in [-0.1, -0.05) is 29.8 Å². The van der Waals surface area contributed by atoms with Gasteiger partial charge in [-0.15, -0.1) is 0 Å². The molecule has 15 heavy (non-hydrogen) atoms. The van der Waals surface area contributed by atoms with Crippen molar-refractivity contribution in [1.29, 1.82) is 0 Å². The Morgan fingerprint density at radius 1 is 1.53 bits per heavy atom. The van der Waals surface area contributed by atoms with Crippen LogP contribution >= 0.6 is 15.9 Å². The molecule has 0 radical (unpaired) electrons. The lowest BCUT2D eigenvalue weighted by atomic mass is 10.1. The Labute approximate surface area is 97.6 Å². The summed E-state index contributed by atoms with van der Waals surface area (Å²) in [6.07, 6.45) is 0. The highest BCUT2D eigenvalue weighted by Gasteiger charge is 2.10. The summed E-state index contributed by atoms with van der Waals surface area (Å²) in [5.41, 5.74) is 0.304. The van der Waals surface area contributed by atoms with E-state index in [0.29, 0.717) is 18.0 Å². The van der Waals surface area contributed by atoms with Gasteiger partial charge in [0.15, 0.2) is 0 Å². The van der Waals surface area contributed by atoms with Crippen molar-refractivity contribution in [1.82, 2.24) is 5.32 Å². The molecule has 82 valence electrons. The molecule has 0 spiro atoms. The molecule has 0 saturated heterocycles. The van der Waals surface area contributed by atoms with E-state index in [1.165, 1.54) is 6.07 Å². The molecule has 1 rings (SSSR count). The maximum atomic E-state index is 11.6. The molecule has 1 amide bonds. The number of aromatic hydroxyl groups is 1. The molecule has 3 nitrogen and oxygen atoms in total. The quantitative estimate of drug-likeness (QED) is 0.888. The molecule has 0 fully saturated rings. The molecule has 2 N–H and O–H groups in total. The monoisotopic (exact) mass is 271 g/mol. The van der Waals surface area contributed by atoms with Crippen LogP contribution in [0.4, 0.5) is 0 Å². The number of halogens is 1. The van der Waals surface area contributed by atoms with Gasteiger partial charge in [-0.25, -0.2) is 0 Å². The fourth-order valence-electron chi connectivity index (χ4n) is 1.09. The van der Waals surface area contributed by atoms with Crippen LogP contribution in [-0.2, 0) is 0 Å². The smallest absolute Gasteiger partial charge is 0.255 e. The number of hydrogen-bond donors (Lipinski definition) is 2. The molecule has 0 saturated carbocycles.